The molecule has 1 saturated heterocycles. The summed E-state index contributed by atoms with van der Waals surface area (Å²) < 4.78 is 42.9. The standard InChI is InChI=1S/C30H28Cl2F3N/c31-24-13-14-26(28(32)17-24)27-8-3-6-20-5-1-2-7-25(20)29(27)21-9-11-22(12-10-21)30(34,35)23-18-36(19-23)16-4-15-33/h1-2,5,7,9-14,17,23H,3-4,6,8,15-16,18-19H2. The van der Waals surface area contributed by atoms with Crippen LogP contribution in [0.2, 0.25) is 10.0 Å². The van der Waals surface area contributed by atoms with E-state index in [-0.39, 0.29) is 5.56 Å². The van der Waals surface area contributed by atoms with E-state index in [9.17, 15) is 4.39 Å². The Morgan fingerprint density at radius 1 is 0.889 bits per heavy atom. The van der Waals surface area contributed by atoms with E-state index in [1.54, 1.807) is 18.2 Å². The summed E-state index contributed by atoms with van der Waals surface area (Å²) in [7, 11) is 0. The highest BCUT2D eigenvalue weighted by Gasteiger charge is 2.47. The largest absolute Gasteiger partial charge is 0.302 e. The summed E-state index contributed by atoms with van der Waals surface area (Å²) in [4.78, 5) is 1.89. The molecule has 1 aliphatic heterocycles. The molecule has 0 amide bonds. The molecule has 36 heavy (non-hydrogen) atoms. The quantitative estimate of drug-likeness (QED) is 0.296. The molecule has 0 atom stereocenters. The van der Waals surface area contributed by atoms with Crippen LogP contribution in [0.15, 0.2) is 66.7 Å². The molecule has 188 valence electrons. The van der Waals surface area contributed by atoms with Gasteiger partial charge in [-0.1, -0.05) is 77.8 Å². The van der Waals surface area contributed by atoms with E-state index >= 15 is 8.78 Å². The molecule has 5 rings (SSSR count). The Morgan fingerprint density at radius 2 is 1.64 bits per heavy atom. The molecule has 0 radical (unpaired) electrons. The van der Waals surface area contributed by atoms with Crippen LogP contribution in [0.3, 0.4) is 0 Å². The number of hydrogen-bond donors (Lipinski definition) is 0. The number of rotatable bonds is 7. The van der Waals surface area contributed by atoms with E-state index in [1.807, 2.05) is 41.3 Å². The van der Waals surface area contributed by atoms with Crippen molar-refractivity contribution in [2.24, 2.45) is 5.92 Å². The Kier molecular flexibility index (Phi) is 7.48. The lowest BCUT2D eigenvalue weighted by Crippen LogP contribution is -2.53. The molecule has 0 spiro atoms. The Bertz CT molecular complexity index is 1260. The van der Waals surface area contributed by atoms with E-state index in [2.05, 4.69) is 12.1 Å². The number of halogens is 5. The first-order valence-electron chi connectivity index (χ1n) is 12.4. The first-order valence-corrected chi connectivity index (χ1v) is 13.2. The molecule has 0 saturated carbocycles. The second-order valence-electron chi connectivity index (χ2n) is 9.69. The zero-order valence-corrected chi connectivity index (χ0v) is 21.4. The highest BCUT2D eigenvalue weighted by atomic mass is 35.5. The average molecular weight is 530 g/mol. The van der Waals surface area contributed by atoms with Gasteiger partial charge < -0.3 is 4.90 Å². The van der Waals surface area contributed by atoms with Crippen molar-refractivity contribution >= 4 is 34.3 Å². The maximum absolute atomic E-state index is 15.3. The molecule has 0 N–H and O–H groups in total. The molecule has 0 aromatic heterocycles. The summed E-state index contributed by atoms with van der Waals surface area (Å²) >= 11 is 12.8. The number of nitrogens with zero attached hydrogens (tertiary/aromatic N) is 1. The van der Waals surface area contributed by atoms with Crippen LogP contribution in [0, 0.1) is 5.92 Å². The zero-order valence-electron chi connectivity index (χ0n) is 19.9. The fourth-order valence-electron chi connectivity index (χ4n) is 5.42. The maximum Gasteiger partial charge on any atom is 0.278 e. The fraction of sp³-hybridized carbons (Fsp3) is 0.333. The molecule has 1 nitrogen and oxygen atoms in total. The number of alkyl halides is 3. The summed E-state index contributed by atoms with van der Waals surface area (Å²) in [6, 6.07) is 20.5. The average Bonchev–Trinajstić information content (AvgIpc) is 3.03. The van der Waals surface area contributed by atoms with Gasteiger partial charge in [0.1, 0.15) is 0 Å². The van der Waals surface area contributed by atoms with Crippen LogP contribution in [0.5, 0.6) is 0 Å². The van der Waals surface area contributed by atoms with Crippen molar-refractivity contribution in [1.29, 1.82) is 0 Å². The van der Waals surface area contributed by atoms with E-state index in [1.165, 1.54) is 5.56 Å². The predicted molar refractivity (Wildman–Crippen MR) is 143 cm³/mol. The molecule has 3 aromatic carbocycles. The number of likely N-dealkylation sites (tertiary alicyclic amines) is 1. The third-order valence-corrected chi connectivity index (χ3v) is 7.90. The third-order valence-electron chi connectivity index (χ3n) is 7.35. The SMILES string of the molecule is FCCCN1CC(C(F)(F)c2ccc(C3=C(c4ccc(Cl)cc4Cl)CCCc4ccccc43)cc2)C1. The van der Waals surface area contributed by atoms with Gasteiger partial charge in [0.25, 0.3) is 5.92 Å². The predicted octanol–water partition coefficient (Wildman–Crippen LogP) is 8.67. The monoisotopic (exact) mass is 529 g/mol. The third kappa shape index (κ3) is 4.96. The summed E-state index contributed by atoms with van der Waals surface area (Å²) in [5.41, 5.74) is 6.32. The second-order valence-corrected chi connectivity index (χ2v) is 10.5. The van der Waals surface area contributed by atoms with Crippen molar-refractivity contribution in [3.63, 3.8) is 0 Å². The minimum atomic E-state index is -2.93. The van der Waals surface area contributed by atoms with Gasteiger partial charge >= 0.3 is 0 Å². The highest BCUT2D eigenvalue weighted by molar-refractivity contribution is 6.36. The van der Waals surface area contributed by atoms with Crippen molar-refractivity contribution < 1.29 is 13.2 Å². The molecule has 2 aliphatic rings. The number of hydrogen-bond acceptors (Lipinski definition) is 1. The smallest absolute Gasteiger partial charge is 0.278 e. The van der Waals surface area contributed by atoms with Gasteiger partial charge in [0, 0.05) is 35.2 Å². The van der Waals surface area contributed by atoms with Crippen LogP contribution >= 0.6 is 23.2 Å². The summed E-state index contributed by atoms with van der Waals surface area (Å²) in [6.07, 6.45) is 3.11. The number of allylic oxidation sites excluding steroid dienone is 1. The van der Waals surface area contributed by atoms with E-state index in [0.29, 0.717) is 36.1 Å². The summed E-state index contributed by atoms with van der Waals surface area (Å²) in [6.45, 7) is 0.714. The van der Waals surface area contributed by atoms with Crippen molar-refractivity contribution in [1.82, 2.24) is 4.90 Å². The minimum Gasteiger partial charge on any atom is -0.302 e. The van der Waals surface area contributed by atoms with E-state index < -0.39 is 18.5 Å². The molecule has 0 bridgehead atoms. The van der Waals surface area contributed by atoms with Gasteiger partial charge in [-0.25, -0.2) is 8.78 Å². The molecule has 0 unspecified atom stereocenters. The van der Waals surface area contributed by atoms with Gasteiger partial charge in [0.15, 0.2) is 0 Å². The normalized spacial score (nSPS) is 17.0. The van der Waals surface area contributed by atoms with Crippen LogP contribution in [0.25, 0.3) is 11.1 Å². The summed E-state index contributed by atoms with van der Waals surface area (Å²) in [5, 5.41) is 1.16. The Hall–Kier alpha value is -2.27. The fourth-order valence-corrected chi connectivity index (χ4v) is 5.94. The van der Waals surface area contributed by atoms with Gasteiger partial charge in [0.2, 0.25) is 0 Å². The van der Waals surface area contributed by atoms with Gasteiger partial charge in [0.05, 0.1) is 12.6 Å². The second kappa shape index (κ2) is 10.6. The zero-order chi connectivity index (χ0) is 25.3. The number of aryl methyl sites for hydroxylation is 1. The van der Waals surface area contributed by atoms with Gasteiger partial charge in [-0.15, -0.1) is 0 Å². The molecule has 3 aromatic rings. The first kappa shape index (κ1) is 25.4. The highest BCUT2D eigenvalue weighted by Crippen LogP contribution is 2.44. The Labute approximate surface area is 220 Å². The molecule has 1 heterocycles. The molecular formula is C30H28Cl2F3N. The number of fused-ring (bicyclic) bond motifs is 1. The van der Waals surface area contributed by atoms with E-state index in [4.69, 9.17) is 23.2 Å². The van der Waals surface area contributed by atoms with Crippen LogP contribution in [0.1, 0.15) is 47.1 Å². The number of benzene rings is 3. The van der Waals surface area contributed by atoms with E-state index in [0.717, 1.165) is 47.1 Å². The molecular weight excluding hydrogens is 502 g/mol. The molecule has 1 fully saturated rings. The Balaban J connectivity index is 1.52. The van der Waals surface area contributed by atoms with Gasteiger partial charge in [-0.05, 0) is 71.2 Å². The van der Waals surface area contributed by atoms with Crippen molar-refractivity contribution in [3.05, 3.63) is 105 Å². The van der Waals surface area contributed by atoms with Crippen LogP contribution < -0.4 is 0 Å². The van der Waals surface area contributed by atoms with Crippen molar-refractivity contribution in [2.45, 2.75) is 31.6 Å². The lowest BCUT2D eigenvalue weighted by atomic mass is 9.85. The lowest BCUT2D eigenvalue weighted by Gasteiger charge is -2.43. The molecule has 6 heteroatoms. The van der Waals surface area contributed by atoms with Crippen LogP contribution in [-0.4, -0.2) is 31.2 Å². The minimum absolute atomic E-state index is 0.0231. The van der Waals surface area contributed by atoms with Crippen LogP contribution in [-0.2, 0) is 12.3 Å². The van der Waals surface area contributed by atoms with Gasteiger partial charge in [-0.3, -0.25) is 4.39 Å². The summed E-state index contributed by atoms with van der Waals surface area (Å²) in [5.74, 6) is -3.67. The first-order chi connectivity index (χ1) is 17.4. The van der Waals surface area contributed by atoms with Crippen LogP contribution in [0.4, 0.5) is 13.2 Å². The topological polar surface area (TPSA) is 3.24 Å². The lowest BCUT2D eigenvalue weighted by molar-refractivity contribution is -0.124. The Morgan fingerprint density at radius 3 is 2.36 bits per heavy atom. The van der Waals surface area contributed by atoms with Crippen molar-refractivity contribution in [3.8, 4) is 0 Å². The molecule has 1 aliphatic carbocycles. The maximum atomic E-state index is 15.3. The van der Waals surface area contributed by atoms with Crippen molar-refractivity contribution in [2.75, 3.05) is 26.3 Å². The van der Waals surface area contributed by atoms with Gasteiger partial charge in [-0.2, -0.15) is 0 Å².